The van der Waals surface area contributed by atoms with E-state index in [1.807, 2.05) is 36.4 Å². The molecule has 2 aromatic carbocycles. The highest BCUT2D eigenvalue weighted by Gasteiger charge is 2.24. The van der Waals surface area contributed by atoms with Gasteiger partial charge >= 0.3 is 0 Å². The van der Waals surface area contributed by atoms with E-state index in [9.17, 15) is 13.2 Å². The molecule has 0 unspecified atom stereocenters. The van der Waals surface area contributed by atoms with E-state index in [-0.39, 0.29) is 10.7 Å². The molecule has 0 saturated carbocycles. The van der Waals surface area contributed by atoms with Gasteiger partial charge in [-0.1, -0.05) is 42.5 Å². The number of carbonyl (C=O) groups is 1. The molecule has 0 amide bonds. The van der Waals surface area contributed by atoms with Gasteiger partial charge in [0.1, 0.15) is 0 Å². The quantitative estimate of drug-likeness (QED) is 0.369. The van der Waals surface area contributed by atoms with Crippen LogP contribution in [0.25, 0.3) is 10.9 Å². The highest BCUT2D eigenvalue weighted by Crippen LogP contribution is 2.24. The van der Waals surface area contributed by atoms with Crippen molar-refractivity contribution in [2.24, 2.45) is 5.14 Å². The lowest BCUT2D eigenvalue weighted by Gasteiger charge is -2.18. The number of carbonyl (C=O) groups excluding carboxylic acids is 1. The van der Waals surface area contributed by atoms with E-state index >= 15 is 0 Å². The summed E-state index contributed by atoms with van der Waals surface area (Å²) in [5.74, 6) is -0.0341. The summed E-state index contributed by atoms with van der Waals surface area (Å²) in [7, 11) is -3.71. The fourth-order valence-corrected chi connectivity index (χ4v) is 4.06. The lowest BCUT2D eigenvalue weighted by Crippen LogP contribution is -2.30. The second kappa shape index (κ2) is 8.81. The number of pyridine rings is 1. The topological polar surface area (TPSA) is 118 Å². The molecule has 4 N–H and O–H groups in total. The predicted octanol–water partition coefficient (Wildman–Crippen LogP) is 2.97. The van der Waals surface area contributed by atoms with Gasteiger partial charge in [0.25, 0.3) is 0 Å². The Kier molecular flexibility index (Phi) is 5.94. The van der Waals surface area contributed by atoms with Crippen LogP contribution < -0.4 is 10.5 Å². The SMILES string of the molecule is NS(=O)(=O)c1ccc(CCN[C@@H](C(=O)c2c[nH]c3cnccc23)c2ccccc2)cc1. The van der Waals surface area contributed by atoms with Crippen LogP contribution in [0.4, 0.5) is 0 Å². The van der Waals surface area contributed by atoms with Crippen molar-refractivity contribution < 1.29 is 13.2 Å². The van der Waals surface area contributed by atoms with Gasteiger partial charge in [0, 0.05) is 29.9 Å². The maximum absolute atomic E-state index is 13.4. The average molecular weight is 435 g/mol. The number of H-pyrrole nitrogens is 1. The number of sulfonamides is 1. The molecule has 0 bridgehead atoms. The van der Waals surface area contributed by atoms with E-state index in [0.717, 1.165) is 22.0 Å². The van der Waals surface area contributed by atoms with Crippen molar-refractivity contribution in [3.05, 3.63) is 95.9 Å². The van der Waals surface area contributed by atoms with Crippen LogP contribution in [0.2, 0.25) is 0 Å². The number of nitrogens with one attached hydrogen (secondary N) is 2. The number of rotatable bonds is 8. The van der Waals surface area contributed by atoms with E-state index < -0.39 is 16.1 Å². The van der Waals surface area contributed by atoms with E-state index in [4.69, 9.17) is 5.14 Å². The summed E-state index contributed by atoms with van der Waals surface area (Å²) in [5, 5.41) is 9.34. The molecule has 0 radical (unpaired) electrons. The molecule has 8 heteroatoms. The fraction of sp³-hybridized carbons (Fsp3) is 0.130. The molecule has 0 saturated heterocycles. The number of fused-ring (bicyclic) bond motifs is 1. The van der Waals surface area contributed by atoms with Crippen LogP contribution >= 0.6 is 0 Å². The molecular formula is C23H22N4O3S. The minimum Gasteiger partial charge on any atom is -0.359 e. The number of primary sulfonamides is 1. The summed E-state index contributed by atoms with van der Waals surface area (Å²) >= 11 is 0. The van der Waals surface area contributed by atoms with Gasteiger partial charge in [0.2, 0.25) is 10.0 Å². The maximum Gasteiger partial charge on any atom is 0.238 e. The number of ketones is 1. The minimum atomic E-state index is -3.71. The van der Waals surface area contributed by atoms with Crippen molar-refractivity contribution in [1.82, 2.24) is 15.3 Å². The van der Waals surface area contributed by atoms with Crippen LogP contribution in [-0.2, 0) is 16.4 Å². The molecule has 0 fully saturated rings. The first-order valence-electron chi connectivity index (χ1n) is 9.79. The highest BCUT2D eigenvalue weighted by atomic mass is 32.2. The second-order valence-corrected chi connectivity index (χ2v) is 8.79. The molecule has 2 aromatic heterocycles. The van der Waals surface area contributed by atoms with Gasteiger partial charge in [0.05, 0.1) is 22.7 Å². The van der Waals surface area contributed by atoms with Gasteiger partial charge in [0.15, 0.2) is 5.78 Å². The number of nitrogens with zero attached hydrogens (tertiary/aromatic N) is 1. The van der Waals surface area contributed by atoms with Crippen LogP contribution in [-0.4, -0.2) is 30.7 Å². The zero-order valence-corrected chi connectivity index (χ0v) is 17.5. The zero-order valence-electron chi connectivity index (χ0n) is 16.7. The van der Waals surface area contributed by atoms with E-state index in [0.29, 0.717) is 18.5 Å². The Morgan fingerprint density at radius 1 is 1.06 bits per heavy atom. The summed E-state index contributed by atoms with van der Waals surface area (Å²) in [6.07, 6.45) is 5.71. The molecule has 0 aliphatic rings. The van der Waals surface area contributed by atoms with Crippen molar-refractivity contribution in [2.45, 2.75) is 17.4 Å². The van der Waals surface area contributed by atoms with Crippen molar-refractivity contribution in [3.8, 4) is 0 Å². The third-order valence-electron chi connectivity index (χ3n) is 5.16. The number of hydrogen-bond donors (Lipinski definition) is 3. The first-order chi connectivity index (χ1) is 14.9. The zero-order chi connectivity index (χ0) is 21.8. The number of aromatic nitrogens is 2. The molecule has 2 heterocycles. The van der Waals surface area contributed by atoms with Crippen molar-refractivity contribution in [3.63, 3.8) is 0 Å². The summed E-state index contributed by atoms with van der Waals surface area (Å²) in [4.78, 5) is 20.7. The van der Waals surface area contributed by atoms with Crippen molar-refractivity contribution in [2.75, 3.05) is 6.54 Å². The third kappa shape index (κ3) is 4.72. The first kappa shape index (κ1) is 20.9. The van der Waals surface area contributed by atoms with Crippen LogP contribution in [0.5, 0.6) is 0 Å². The fourth-order valence-electron chi connectivity index (χ4n) is 3.55. The molecule has 4 aromatic rings. The minimum absolute atomic E-state index is 0.0341. The standard InChI is InChI=1S/C23H22N4O3S/c24-31(29,30)18-8-6-16(7-9-18)10-13-26-22(17-4-2-1-3-5-17)23(28)20-14-27-21-15-25-12-11-19(20)21/h1-9,11-12,14-15,22,26-27H,10,13H2,(H2,24,29,30)/t22-/m1/s1. The smallest absolute Gasteiger partial charge is 0.238 e. The van der Waals surface area contributed by atoms with Crippen LogP contribution in [0.1, 0.15) is 27.5 Å². The lowest BCUT2D eigenvalue weighted by molar-refractivity contribution is 0.0945. The molecule has 0 aliphatic heterocycles. The molecule has 0 spiro atoms. The number of nitrogens with two attached hydrogens (primary N) is 1. The first-order valence-corrected chi connectivity index (χ1v) is 11.3. The summed E-state index contributed by atoms with van der Waals surface area (Å²) in [6, 6.07) is 17.3. The second-order valence-electron chi connectivity index (χ2n) is 7.22. The van der Waals surface area contributed by atoms with Gasteiger partial charge in [-0.2, -0.15) is 0 Å². The van der Waals surface area contributed by atoms with Crippen molar-refractivity contribution >= 4 is 26.7 Å². The number of benzene rings is 2. The number of Topliss-reactive ketones (excluding diaryl/α,β-unsaturated/α-hetero) is 1. The Hall–Kier alpha value is -3.33. The van der Waals surface area contributed by atoms with Gasteiger partial charge in [-0.25, -0.2) is 13.6 Å². The van der Waals surface area contributed by atoms with E-state index in [2.05, 4.69) is 15.3 Å². The molecule has 7 nitrogen and oxygen atoms in total. The van der Waals surface area contributed by atoms with Crippen LogP contribution in [0, 0.1) is 0 Å². The Balaban J connectivity index is 1.53. The Labute approximate surface area is 180 Å². The summed E-state index contributed by atoms with van der Waals surface area (Å²) < 4.78 is 22.8. The normalized spacial score (nSPS) is 12.7. The highest BCUT2D eigenvalue weighted by molar-refractivity contribution is 7.89. The predicted molar refractivity (Wildman–Crippen MR) is 119 cm³/mol. The Morgan fingerprint density at radius 3 is 2.52 bits per heavy atom. The van der Waals surface area contributed by atoms with Crippen LogP contribution in [0.15, 0.2) is 84.1 Å². The average Bonchev–Trinajstić information content (AvgIpc) is 3.21. The molecule has 4 rings (SSSR count). The third-order valence-corrected chi connectivity index (χ3v) is 6.09. The van der Waals surface area contributed by atoms with E-state index in [1.165, 1.54) is 12.1 Å². The Morgan fingerprint density at radius 2 is 1.81 bits per heavy atom. The van der Waals surface area contributed by atoms with Gasteiger partial charge < -0.3 is 10.3 Å². The van der Waals surface area contributed by atoms with Crippen molar-refractivity contribution in [1.29, 1.82) is 0 Å². The molecule has 0 aliphatic carbocycles. The van der Waals surface area contributed by atoms with Gasteiger partial charge in [-0.05, 0) is 35.7 Å². The van der Waals surface area contributed by atoms with Crippen LogP contribution in [0.3, 0.4) is 0 Å². The lowest BCUT2D eigenvalue weighted by atomic mass is 9.97. The molecule has 1 atom stereocenters. The molecule has 31 heavy (non-hydrogen) atoms. The van der Waals surface area contributed by atoms with Gasteiger partial charge in [-0.3, -0.25) is 9.78 Å². The monoisotopic (exact) mass is 434 g/mol. The number of hydrogen-bond acceptors (Lipinski definition) is 5. The summed E-state index contributed by atoms with van der Waals surface area (Å²) in [6.45, 7) is 0.532. The number of aromatic amines is 1. The largest absolute Gasteiger partial charge is 0.359 e. The Bertz CT molecular complexity index is 1300. The summed E-state index contributed by atoms with van der Waals surface area (Å²) in [5.41, 5.74) is 3.24. The molecule has 158 valence electrons. The maximum atomic E-state index is 13.4. The van der Waals surface area contributed by atoms with Gasteiger partial charge in [-0.15, -0.1) is 0 Å². The van der Waals surface area contributed by atoms with E-state index in [1.54, 1.807) is 30.7 Å². The molecular weight excluding hydrogens is 412 g/mol.